The second-order valence-corrected chi connectivity index (χ2v) is 4.92. The molecule has 2 rings (SSSR count). The molecule has 100 valence electrons. The van der Waals surface area contributed by atoms with E-state index in [-0.39, 0.29) is 5.91 Å². The Balaban J connectivity index is 2.22. The summed E-state index contributed by atoms with van der Waals surface area (Å²) >= 11 is 0. The molecule has 0 aromatic carbocycles. The molecule has 2 heterocycles. The molecule has 1 aliphatic rings. The van der Waals surface area contributed by atoms with E-state index in [2.05, 4.69) is 23.7 Å². The van der Waals surface area contributed by atoms with Crippen LogP contribution in [0.3, 0.4) is 0 Å². The maximum atomic E-state index is 12.5. The third kappa shape index (κ3) is 2.43. The molecule has 0 atom stereocenters. The summed E-state index contributed by atoms with van der Waals surface area (Å²) in [6, 6.07) is 2.03. The lowest BCUT2D eigenvalue weighted by atomic mass is 10.2. The van der Waals surface area contributed by atoms with Crippen LogP contribution >= 0.6 is 0 Å². The number of rotatable bonds is 2. The molecule has 1 aromatic heterocycles. The van der Waals surface area contributed by atoms with Crippen molar-refractivity contribution in [3.63, 3.8) is 0 Å². The molecule has 1 saturated heterocycles. The van der Waals surface area contributed by atoms with Gasteiger partial charge in [0.1, 0.15) is 0 Å². The van der Waals surface area contributed by atoms with Crippen LogP contribution in [0.5, 0.6) is 0 Å². The number of nitrogens with one attached hydrogen (secondary N) is 1. The molecule has 0 bridgehead atoms. The Morgan fingerprint density at radius 2 is 2.11 bits per heavy atom. The van der Waals surface area contributed by atoms with E-state index in [0.29, 0.717) is 0 Å². The molecule has 0 unspecified atom stereocenters. The molecule has 1 N–H and O–H groups in total. The van der Waals surface area contributed by atoms with Gasteiger partial charge >= 0.3 is 0 Å². The van der Waals surface area contributed by atoms with Crippen LogP contribution in [0, 0.1) is 13.8 Å². The molecule has 0 saturated carbocycles. The van der Waals surface area contributed by atoms with Gasteiger partial charge in [-0.3, -0.25) is 4.79 Å². The summed E-state index contributed by atoms with van der Waals surface area (Å²) in [7, 11) is 0. The molecule has 4 nitrogen and oxygen atoms in total. The van der Waals surface area contributed by atoms with Crippen LogP contribution in [0.15, 0.2) is 6.07 Å². The number of aromatic nitrogens is 1. The number of amides is 1. The monoisotopic (exact) mass is 249 g/mol. The first kappa shape index (κ1) is 13.1. The average Bonchev–Trinajstić information content (AvgIpc) is 2.58. The molecule has 1 aromatic rings. The zero-order chi connectivity index (χ0) is 13.1. The van der Waals surface area contributed by atoms with Crippen molar-refractivity contribution in [3.05, 3.63) is 23.0 Å². The van der Waals surface area contributed by atoms with Gasteiger partial charge in [-0.15, -0.1) is 0 Å². The van der Waals surface area contributed by atoms with Gasteiger partial charge in [-0.2, -0.15) is 0 Å². The molecule has 0 radical (unpaired) electrons. The minimum atomic E-state index is 0.187. The van der Waals surface area contributed by atoms with Crippen molar-refractivity contribution in [3.8, 4) is 0 Å². The number of carbonyl (C=O) groups is 1. The zero-order valence-electron chi connectivity index (χ0n) is 11.6. The fourth-order valence-corrected chi connectivity index (χ4v) is 2.72. The Morgan fingerprint density at radius 1 is 1.33 bits per heavy atom. The van der Waals surface area contributed by atoms with Gasteiger partial charge in [-0.25, -0.2) is 0 Å². The van der Waals surface area contributed by atoms with E-state index in [9.17, 15) is 4.79 Å². The summed E-state index contributed by atoms with van der Waals surface area (Å²) in [6.07, 6.45) is 1.04. The summed E-state index contributed by atoms with van der Waals surface area (Å²) < 4.78 is 2.20. The Hall–Kier alpha value is -1.29. The lowest BCUT2D eigenvalue weighted by molar-refractivity contribution is 0.0765. The highest BCUT2D eigenvalue weighted by molar-refractivity contribution is 5.95. The molecular formula is C14H23N3O. The van der Waals surface area contributed by atoms with Crippen molar-refractivity contribution in [2.45, 2.75) is 33.7 Å². The first-order valence-electron chi connectivity index (χ1n) is 6.82. The first-order chi connectivity index (χ1) is 8.65. The maximum Gasteiger partial charge on any atom is 0.255 e. The zero-order valence-corrected chi connectivity index (χ0v) is 11.6. The third-order valence-corrected chi connectivity index (χ3v) is 3.75. The van der Waals surface area contributed by atoms with Crippen LogP contribution in [0.4, 0.5) is 0 Å². The van der Waals surface area contributed by atoms with Crippen molar-refractivity contribution in [1.82, 2.24) is 14.8 Å². The average molecular weight is 249 g/mol. The van der Waals surface area contributed by atoms with Gasteiger partial charge in [0.2, 0.25) is 0 Å². The van der Waals surface area contributed by atoms with E-state index in [1.807, 2.05) is 17.9 Å². The Morgan fingerprint density at radius 3 is 2.78 bits per heavy atom. The number of hydrogen-bond acceptors (Lipinski definition) is 2. The van der Waals surface area contributed by atoms with Crippen LogP contribution in [-0.2, 0) is 6.54 Å². The highest BCUT2D eigenvalue weighted by Gasteiger charge is 2.21. The predicted octanol–water partition coefficient (Wildman–Crippen LogP) is 1.56. The van der Waals surface area contributed by atoms with Gasteiger partial charge in [-0.1, -0.05) is 0 Å². The first-order valence-corrected chi connectivity index (χ1v) is 6.82. The maximum absolute atomic E-state index is 12.5. The van der Waals surface area contributed by atoms with Gasteiger partial charge in [0.15, 0.2) is 0 Å². The van der Waals surface area contributed by atoms with Crippen LogP contribution < -0.4 is 5.32 Å². The summed E-state index contributed by atoms with van der Waals surface area (Å²) in [5, 5.41) is 3.33. The molecule has 0 aliphatic carbocycles. The summed E-state index contributed by atoms with van der Waals surface area (Å²) in [6.45, 7) is 10.7. The Labute approximate surface area is 109 Å². The summed E-state index contributed by atoms with van der Waals surface area (Å²) in [5.74, 6) is 0.187. The predicted molar refractivity (Wildman–Crippen MR) is 73.0 cm³/mol. The van der Waals surface area contributed by atoms with E-state index >= 15 is 0 Å². The number of nitrogens with zero attached hydrogens (tertiary/aromatic N) is 2. The van der Waals surface area contributed by atoms with Gasteiger partial charge < -0.3 is 14.8 Å². The van der Waals surface area contributed by atoms with Crippen molar-refractivity contribution < 1.29 is 4.79 Å². The lowest BCUT2D eigenvalue weighted by Crippen LogP contribution is -2.34. The fraction of sp³-hybridized carbons (Fsp3) is 0.643. The highest BCUT2D eigenvalue weighted by atomic mass is 16.2. The molecule has 4 heteroatoms. The van der Waals surface area contributed by atoms with Crippen molar-refractivity contribution in [1.29, 1.82) is 0 Å². The van der Waals surface area contributed by atoms with Gasteiger partial charge in [0.25, 0.3) is 5.91 Å². The minimum Gasteiger partial charge on any atom is -0.349 e. The normalized spacial score (nSPS) is 16.7. The van der Waals surface area contributed by atoms with Gasteiger partial charge in [0, 0.05) is 37.6 Å². The molecular weight excluding hydrogens is 226 g/mol. The number of aryl methyl sites for hydroxylation is 1. The second-order valence-electron chi connectivity index (χ2n) is 4.92. The van der Waals surface area contributed by atoms with E-state index in [4.69, 9.17) is 0 Å². The summed E-state index contributed by atoms with van der Waals surface area (Å²) in [5.41, 5.74) is 3.14. The standard InChI is InChI=1S/C14H23N3O/c1-4-17-11(2)10-13(12(17)3)14(18)16-8-5-6-15-7-9-16/h10,15H,4-9H2,1-3H3. The second kappa shape index (κ2) is 5.57. The SMILES string of the molecule is CCn1c(C)cc(C(=O)N2CCCNCC2)c1C. The molecule has 1 fully saturated rings. The van der Waals surface area contributed by atoms with E-state index in [1.54, 1.807) is 0 Å². The quantitative estimate of drug-likeness (QED) is 0.863. The van der Waals surface area contributed by atoms with Crippen LogP contribution in [0.1, 0.15) is 35.1 Å². The smallest absolute Gasteiger partial charge is 0.255 e. The van der Waals surface area contributed by atoms with Crippen LogP contribution in [0.25, 0.3) is 0 Å². The van der Waals surface area contributed by atoms with Gasteiger partial charge in [-0.05, 0) is 39.8 Å². The van der Waals surface area contributed by atoms with E-state index < -0.39 is 0 Å². The van der Waals surface area contributed by atoms with Crippen LogP contribution in [0.2, 0.25) is 0 Å². The van der Waals surface area contributed by atoms with E-state index in [1.165, 1.54) is 5.69 Å². The number of carbonyl (C=O) groups excluding carboxylic acids is 1. The summed E-state index contributed by atoms with van der Waals surface area (Å²) in [4.78, 5) is 14.5. The van der Waals surface area contributed by atoms with Gasteiger partial charge in [0.05, 0.1) is 5.56 Å². The lowest BCUT2D eigenvalue weighted by Gasteiger charge is -2.20. The Bertz CT molecular complexity index is 428. The topological polar surface area (TPSA) is 37.3 Å². The van der Waals surface area contributed by atoms with Crippen LogP contribution in [-0.4, -0.2) is 41.6 Å². The van der Waals surface area contributed by atoms with Crippen molar-refractivity contribution in [2.75, 3.05) is 26.2 Å². The Kier molecular flexibility index (Phi) is 4.07. The molecule has 0 spiro atoms. The van der Waals surface area contributed by atoms with Crippen molar-refractivity contribution in [2.24, 2.45) is 0 Å². The highest BCUT2D eigenvalue weighted by Crippen LogP contribution is 2.17. The molecule has 1 aliphatic heterocycles. The fourth-order valence-electron chi connectivity index (χ4n) is 2.72. The largest absolute Gasteiger partial charge is 0.349 e. The third-order valence-electron chi connectivity index (χ3n) is 3.75. The van der Waals surface area contributed by atoms with Crippen molar-refractivity contribution >= 4 is 5.91 Å². The minimum absolute atomic E-state index is 0.187. The van der Waals surface area contributed by atoms with E-state index in [0.717, 1.165) is 50.4 Å². The molecule has 18 heavy (non-hydrogen) atoms. The number of hydrogen-bond donors (Lipinski definition) is 1. The molecule has 1 amide bonds.